The van der Waals surface area contributed by atoms with Crippen molar-refractivity contribution in [1.82, 2.24) is 0 Å². The van der Waals surface area contributed by atoms with Gasteiger partial charge in [-0.3, -0.25) is 4.72 Å². The molecule has 1 aromatic carbocycles. The van der Waals surface area contributed by atoms with Gasteiger partial charge in [0.15, 0.2) is 0 Å². The molecule has 0 bridgehead atoms. The monoisotopic (exact) mass is 408 g/mol. The van der Waals surface area contributed by atoms with Crippen LogP contribution in [0, 0.1) is 12.7 Å². The lowest BCUT2D eigenvalue weighted by molar-refractivity contribution is 0.600. The highest BCUT2D eigenvalue weighted by Crippen LogP contribution is 2.32. The van der Waals surface area contributed by atoms with E-state index in [1.165, 1.54) is 18.2 Å². The number of hydrogen-bond donors (Lipinski definition) is 2. The molecule has 0 radical (unpaired) electrons. The summed E-state index contributed by atoms with van der Waals surface area (Å²) < 4.78 is 41.3. The number of hydrogen-bond acceptors (Lipinski definition) is 4. The minimum atomic E-state index is -3.84. The van der Waals surface area contributed by atoms with E-state index in [9.17, 15) is 12.8 Å². The molecule has 112 valence electrons. The van der Waals surface area contributed by atoms with Crippen LogP contribution in [-0.4, -0.2) is 13.4 Å². The van der Waals surface area contributed by atoms with Crippen molar-refractivity contribution in [3.63, 3.8) is 0 Å². The Labute approximate surface area is 139 Å². The number of benzene rings is 1. The summed E-state index contributed by atoms with van der Waals surface area (Å²) in [4.78, 5) is 0.0427. The fourth-order valence-electron chi connectivity index (χ4n) is 1.51. The Morgan fingerprint density at radius 1 is 1.43 bits per heavy atom. The second-order valence-electron chi connectivity index (χ2n) is 4.19. The summed E-state index contributed by atoms with van der Waals surface area (Å²) >= 11 is 9.05. The Hall–Kier alpha value is -1.03. The molecule has 0 saturated carbocycles. The van der Waals surface area contributed by atoms with Gasteiger partial charge in [0.1, 0.15) is 15.0 Å². The van der Waals surface area contributed by atoms with Crippen LogP contribution in [0.2, 0.25) is 0 Å². The van der Waals surface area contributed by atoms with Crippen LogP contribution in [0.5, 0.6) is 0 Å². The van der Waals surface area contributed by atoms with Crippen LogP contribution in [-0.2, 0) is 10.0 Å². The molecule has 3 N–H and O–H groups in total. The lowest BCUT2D eigenvalue weighted by atomic mass is 10.2. The summed E-state index contributed by atoms with van der Waals surface area (Å²) in [6.07, 6.45) is 0. The zero-order chi connectivity index (χ0) is 15.8. The number of nitrogens with two attached hydrogens (primary N) is 1. The molecule has 0 aliphatic carbocycles. The molecule has 0 saturated heterocycles. The summed E-state index contributed by atoms with van der Waals surface area (Å²) in [5.41, 5.74) is 6.37. The van der Waals surface area contributed by atoms with Crippen LogP contribution in [0.4, 0.5) is 10.1 Å². The Bertz CT molecular complexity index is 798. The average molecular weight is 409 g/mol. The fourth-order valence-corrected chi connectivity index (χ4v) is 4.93. The van der Waals surface area contributed by atoms with Crippen molar-refractivity contribution in [2.75, 3.05) is 4.72 Å². The highest BCUT2D eigenvalue weighted by Gasteiger charge is 2.20. The molecule has 2 aromatic rings. The number of thiophene rings is 1. The van der Waals surface area contributed by atoms with Gasteiger partial charge in [0.05, 0.1) is 9.47 Å². The fraction of sp³-hybridized carbons (Fsp3) is 0.0833. The average Bonchev–Trinajstić information content (AvgIpc) is 2.72. The van der Waals surface area contributed by atoms with E-state index in [1.807, 2.05) is 0 Å². The van der Waals surface area contributed by atoms with Gasteiger partial charge in [-0.2, -0.15) is 0 Å². The standard InChI is InChI=1S/C12H10BrFN2O2S3/c1-6-4-10(20-11(6)13)21(17,18)16-9-3-2-7(12(15)19)5-8(9)14/h2-5,16H,1H3,(H2,15,19). The predicted molar refractivity (Wildman–Crippen MR) is 89.9 cm³/mol. The van der Waals surface area contributed by atoms with Gasteiger partial charge >= 0.3 is 0 Å². The van der Waals surface area contributed by atoms with Gasteiger partial charge in [-0.05, 0) is 52.7 Å². The SMILES string of the molecule is Cc1cc(S(=O)(=O)Nc2ccc(C(N)=S)cc2F)sc1Br. The molecule has 1 heterocycles. The molecule has 4 nitrogen and oxygen atoms in total. The number of aryl methyl sites for hydroxylation is 1. The second kappa shape index (κ2) is 5.99. The summed E-state index contributed by atoms with van der Waals surface area (Å²) in [5, 5.41) is 0. The quantitative estimate of drug-likeness (QED) is 0.760. The highest BCUT2D eigenvalue weighted by atomic mass is 79.9. The first-order valence-corrected chi connectivity index (χ1v) is 9.09. The Morgan fingerprint density at radius 2 is 2.10 bits per heavy atom. The molecule has 0 spiro atoms. The Kier molecular flexibility index (Phi) is 4.66. The minimum absolute atomic E-state index is 0.0427. The summed E-state index contributed by atoms with van der Waals surface area (Å²) in [6.45, 7) is 1.77. The molecule has 0 aliphatic rings. The topological polar surface area (TPSA) is 72.2 Å². The number of rotatable bonds is 4. The summed E-state index contributed by atoms with van der Waals surface area (Å²) in [6, 6.07) is 5.35. The molecule has 9 heteroatoms. The number of nitrogens with one attached hydrogen (secondary N) is 1. The van der Waals surface area contributed by atoms with Crippen LogP contribution in [0.1, 0.15) is 11.1 Å². The van der Waals surface area contributed by atoms with Gasteiger partial charge in [-0.15, -0.1) is 11.3 Å². The molecule has 0 unspecified atom stereocenters. The third-order valence-corrected chi connectivity index (χ3v) is 6.81. The molecule has 0 amide bonds. The van der Waals surface area contributed by atoms with Crippen molar-refractivity contribution in [2.24, 2.45) is 5.73 Å². The number of sulfonamides is 1. The van der Waals surface area contributed by atoms with Crippen molar-refractivity contribution in [3.8, 4) is 0 Å². The third-order valence-electron chi connectivity index (χ3n) is 2.60. The van der Waals surface area contributed by atoms with E-state index < -0.39 is 15.8 Å². The first kappa shape index (κ1) is 16.3. The van der Waals surface area contributed by atoms with Crippen molar-refractivity contribution >= 4 is 60.2 Å². The van der Waals surface area contributed by atoms with Gasteiger partial charge in [0.2, 0.25) is 0 Å². The molecule has 2 rings (SSSR count). The van der Waals surface area contributed by atoms with Crippen LogP contribution in [0.15, 0.2) is 32.3 Å². The number of anilines is 1. The van der Waals surface area contributed by atoms with Crippen LogP contribution in [0.3, 0.4) is 0 Å². The lowest BCUT2D eigenvalue weighted by Crippen LogP contribution is -2.14. The maximum absolute atomic E-state index is 13.9. The van der Waals surface area contributed by atoms with Crippen molar-refractivity contribution < 1.29 is 12.8 Å². The van der Waals surface area contributed by atoms with E-state index in [0.29, 0.717) is 9.35 Å². The second-order valence-corrected chi connectivity index (χ2v) is 8.91. The number of thiocarbonyl (C=S) groups is 1. The normalized spacial score (nSPS) is 11.4. The molecule has 21 heavy (non-hydrogen) atoms. The van der Waals surface area contributed by atoms with Crippen LogP contribution >= 0.6 is 39.5 Å². The zero-order valence-electron chi connectivity index (χ0n) is 10.7. The van der Waals surface area contributed by atoms with Gasteiger partial charge in [-0.1, -0.05) is 12.2 Å². The molecular weight excluding hydrogens is 399 g/mol. The molecular formula is C12H10BrFN2O2S3. The summed E-state index contributed by atoms with van der Waals surface area (Å²) in [5.74, 6) is -0.740. The van der Waals surface area contributed by atoms with Crippen LogP contribution < -0.4 is 10.5 Å². The van der Waals surface area contributed by atoms with E-state index in [-0.39, 0.29) is 14.9 Å². The molecule has 0 atom stereocenters. The maximum Gasteiger partial charge on any atom is 0.271 e. The minimum Gasteiger partial charge on any atom is -0.389 e. The van der Waals surface area contributed by atoms with E-state index in [4.69, 9.17) is 18.0 Å². The molecule has 0 fully saturated rings. The third kappa shape index (κ3) is 3.60. The maximum atomic E-state index is 13.9. The smallest absolute Gasteiger partial charge is 0.271 e. The largest absolute Gasteiger partial charge is 0.389 e. The van der Waals surface area contributed by atoms with E-state index in [2.05, 4.69) is 20.7 Å². The van der Waals surface area contributed by atoms with Crippen LogP contribution in [0.25, 0.3) is 0 Å². The first-order valence-electron chi connectivity index (χ1n) is 5.59. The van der Waals surface area contributed by atoms with E-state index in [0.717, 1.165) is 23.0 Å². The highest BCUT2D eigenvalue weighted by molar-refractivity contribution is 9.11. The number of halogens is 2. The van der Waals surface area contributed by atoms with Gasteiger partial charge in [0.25, 0.3) is 10.0 Å². The first-order chi connectivity index (χ1) is 9.70. The van der Waals surface area contributed by atoms with Crippen molar-refractivity contribution in [1.29, 1.82) is 0 Å². The molecule has 0 aliphatic heterocycles. The molecule has 1 aromatic heterocycles. The lowest BCUT2D eigenvalue weighted by Gasteiger charge is -2.08. The van der Waals surface area contributed by atoms with Gasteiger partial charge in [-0.25, -0.2) is 12.8 Å². The Morgan fingerprint density at radius 3 is 2.57 bits per heavy atom. The van der Waals surface area contributed by atoms with E-state index >= 15 is 0 Å². The van der Waals surface area contributed by atoms with Gasteiger partial charge < -0.3 is 5.73 Å². The van der Waals surface area contributed by atoms with Crippen molar-refractivity contribution in [2.45, 2.75) is 11.1 Å². The zero-order valence-corrected chi connectivity index (χ0v) is 14.7. The Balaban J connectivity index is 2.35. The van der Waals surface area contributed by atoms with Gasteiger partial charge in [0, 0.05) is 5.56 Å². The summed E-state index contributed by atoms with van der Waals surface area (Å²) in [7, 11) is -3.84. The predicted octanol–water partition coefficient (Wildman–Crippen LogP) is 3.39. The van der Waals surface area contributed by atoms with Crippen molar-refractivity contribution in [3.05, 3.63) is 45.0 Å². The van der Waals surface area contributed by atoms with E-state index in [1.54, 1.807) is 6.92 Å².